The van der Waals surface area contributed by atoms with Gasteiger partial charge in [-0.3, -0.25) is 9.59 Å². The molecule has 130 valence electrons. The summed E-state index contributed by atoms with van der Waals surface area (Å²) >= 11 is 1.36. The number of anilines is 2. The van der Waals surface area contributed by atoms with Crippen molar-refractivity contribution in [3.8, 4) is 5.75 Å². The Morgan fingerprint density at radius 1 is 1.46 bits per heavy atom. The van der Waals surface area contributed by atoms with E-state index in [2.05, 4.69) is 10.6 Å². The molecule has 2 heterocycles. The van der Waals surface area contributed by atoms with Crippen molar-refractivity contribution >= 4 is 44.8 Å². The minimum atomic E-state index is -2.93. The average molecular weight is 370 g/mol. The molecular weight excluding hydrogens is 352 g/mol. The van der Waals surface area contributed by atoms with E-state index in [1.54, 1.807) is 25.1 Å². The summed E-state index contributed by atoms with van der Waals surface area (Å²) in [6.45, 7) is 1.66. The van der Waals surface area contributed by atoms with Crippen molar-refractivity contribution in [3.05, 3.63) is 18.2 Å². The molecule has 1 saturated heterocycles. The van der Waals surface area contributed by atoms with Gasteiger partial charge in [-0.05, 0) is 31.5 Å². The normalized spacial score (nSPS) is 24.6. The molecule has 2 aliphatic rings. The Hall–Kier alpha value is -1.74. The second-order valence-electron chi connectivity index (χ2n) is 5.84. The molecule has 1 fully saturated rings. The first-order valence-corrected chi connectivity index (χ1v) is 10.4. The van der Waals surface area contributed by atoms with E-state index in [1.807, 2.05) is 0 Å². The summed E-state index contributed by atoms with van der Waals surface area (Å²) < 4.78 is 28.3. The zero-order valence-electron chi connectivity index (χ0n) is 13.1. The highest BCUT2D eigenvalue weighted by Crippen LogP contribution is 2.32. The van der Waals surface area contributed by atoms with Crippen molar-refractivity contribution < 1.29 is 22.7 Å². The third kappa shape index (κ3) is 4.02. The Morgan fingerprint density at radius 2 is 2.25 bits per heavy atom. The van der Waals surface area contributed by atoms with Gasteiger partial charge in [0.25, 0.3) is 5.91 Å². The van der Waals surface area contributed by atoms with Crippen LogP contribution in [0.5, 0.6) is 5.75 Å². The summed E-state index contributed by atoms with van der Waals surface area (Å²) in [5, 5.41) is 5.45. The summed E-state index contributed by atoms with van der Waals surface area (Å²) in [6, 6.07) is 5.03. The highest BCUT2D eigenvalue weighted by molar-refractivity contribution is 8.02. The molecule has 0 bridgehead atoms. The van der Waals surface area contributed by atoms with Gasteiger partial charge in [0.1, 0.15) is 5.75 Å². The van der Waals surface area contributed by atoms with Gasteiger partial charge in [0, 0.05) is 10.9 Å². The van der Waals surface area contributed by atoms with Crippen LogP contribution in [0.15, 0.2) is 18.2 Å². The molecule has 0 unspecified atom stereocenters. The van der Waals surface area contributed by atoms with Crippen LogP contribution in [0.3, 0.4) is 0 Å². The number of rotatable bonds is 4. The fourth-order valence-electron chi connectivity index (χ4n) is 2.57. The molecular formula is C15H18N2O5S2. The van der Waals surface area contributed by atoms with Gasteiger partial charge in [0.05, 0.1) is 22.9 Å². The van der Waals surface area contributed by atoms with Gasteiger partial charge in [0.15, 0.2) is 15.9 Å². The number of benzene rings is 1. The van der Waals surface area contributed by atoms with Gasteiger partial charge in [-0.25, -0.2) is 8.42 Å². The van der Waals surface area contributed by atoms with E-state index in [0.29, 0.717) is 23.5 Å². The zero-order chi connectivity index (χ0) is 17.3. The monoisotopic (exact) mass is 370 g/mol. The largest absolute Gasteiger partial charge is 0.479 e. The first-order valence-electron chi connectivity index (χ1n) is 7.56. The Labute approximate surface area is 144 Å². The van der Waals surface area contributed by atoms with Crippen LogP contribution in [-0.4, -0.2) is 48.8 Å². The molecule has 9 heteroatoms. The van der Waals surface area contributed by atoms with Crippen LogP contribution in [0.2, 0.25) is 0 Å². The number of carbonyl (C=O) groups excluding carboxylic acids is 2. The number of thioether (sulfide) groups is 1. The number of ether oxygens (including phenoxy) is 1. The summed E-state index contributed by atoms with van der Waals surface area (Å²) in [5.74, 6) is 0.660. The molecule has 0 spiro atoms. The van der Waals surface area contributed by atoms with Gasteiger partial charge in [-0.15, -0.1) is 11.8 Å². The quantitative estimate of drug-likeness (QED) is 0.827. The number of hydrogen-bond acceptors (Lipinski definition) is 6. The van der Waals surface area contributed by atoms with Gasteiger partial charge >= 0.3 is 0 Å². The lowest BCUT2D eigenvalue weighted by molar-refractivity contribution is -0.122. The lowest BCUT2D eigenvalue weighted by Gasteiger charge is -2.23. The fourth-order valence-corrected chi connectivity index (χ4v) is 6.01. The van der Waals surface area contributed by atoms with E-state index < -0.39 is 15.9 Å². The second-order valence-corrected chi connectivity index (χ2v) is 9.36. The molecule has 24 heavy (non-hydrogen) atoms. The van der Waals surface area contributed by atoms with Gasteiger partial charge in [-0.2, -0.15) is 0 Å². The average Bonchev–Trinajstić information content (AvgIpc) is 2.86. The number of hydrogen-bond donors (Lipinski definition) is 2. The van der Waals surface area contributed by atoms with Gasteiger partial charge < -0.3 is 15.4 Å². The van der Waals surface area contributed by atoms with Crippen LogP contribution in [0, 0.1) is 0 Å². The standard InChI is InChI=1S/C15H18N2O5S2/c1-9-15(19)17-12-6-10(2-3-13(12)22-9)16-14(18)7-23-11-4-5-24(20,21)8-11/h2-3,6,9,11H,4-5,7-8H2,1H3,(H,16,18)(H,17,19)/t9-,11-/m0/s1. The predicted octanol–water partition coefficient (Wildman–Crippen LogP) is 1.26. The van der Waals surface area contributed by atoms with Crippen molar-refractivity contribution in [2.45, 2.75) is 24.7 Å². The van der Waals surface area contributed by atoms with Crippen LogP contribution in [0.1, 0.15) is 13.3 Å². The Morgan fingerprint density at radius 3 is 2.96 bits per heavy atom. The Bertz CT molecular complexity index is 778. The number of carbonyl (C=O) groups is 2. The summed E-state index contributed by atoms with van der Waals surface area (Å²) in [7, 11) is -2.93. The summed E-state index contributed by atoms with van der Waals surface area (Å²) in [4.78, 5) is 23.6. The number of nitrogens with one attached hydrogen (secondary N) is 2. The first kappa shape index (κ1) is 17.1. The lowest BCUT2D eigenvalue weighted by atomic mass is 10.2. The smallest absolute Gasteiger partial charge is 0.265 e. The first-order chi connectivity index (χ1) is 11.3. The van der Waals surface area contributed by atoms with E-state index in [9.17, 15) is 18.0 Å². The topological polar surface area (TPSA) is 102 Å². The molecule has 2 N–H and O–H groups in total. The number of fused-ring (bicyclic) bond motifs is 1. The number of amides is 2. The van der Waals surface area contributed by atoms with Gasteiger partial charge in [0.2, 0.25) is 5.91 Å². The predicted molar refractivity (Wildman–Crippen MR) is 93.3 cm³/mol. The minimum Gasteiger partial charge on any atom is -0.479 e. The van der Waals surface area contributed by atoms with Crippen LogP contribution >= 0.6 is 11.8 Å². The number of sulfone groups is 1. The minimum absolute atomic E-state index is 0.0153. The molecule has 0 aliphatic carbocycles. The molecule has 2 atom stereocenters. The highest BCUT2D eigenvalue weighted by Gasteiger charge is 2.28. The van der Waals surface area contributed by atoms with Crippen molar-refractivity contribution in [1.29, 1.82) is 0 Å². The van der Waals surface area contributed by atoms with Gasteiger partial charge in [-0.1, -0.05) is 0 Å². The fraction of sp³-hybridized carbons (Fsp3) is 0.467. The van der Waals surface area contributed by atoms with Crippen LogP contribution in [0.25, 0.3) is 0 Å². The van der Waals surface area contributed by atoms with E-state index in [-0.39, 0.29) is 34.3 Å². The Balaban J connectivity index is 1.55. The summed E-state index contributed by atoms with van der Waals surface area (Å²) in [6.07, 6.45) is 0.0535. The Kier molecular flexibility index (Phi) is 4.73. The van der Waals surface area contributed by atoms with E-state index in [1.165, 1.54) is 11.8 Å². The van der Waals surface area contributed by atoms with Crippen molar-refractivity contribution in [3.63, 3.8) is 0 Å². The third-order valence-corrected chi connectivity index (χ3v) is 7.12. The highest BCUT2D eigenvalue weighted by atomic mass is 32.2. The van der Waals surface area contributed by atoms with E-state index in [4.69, 9.17) is 4.74 Å². The third-order valence-electron chi connectivity index (χ3n) is 3.83. The molecule has 2 amide bonds. The molecule has 0 saturated carbocycles. The van der Waals surface area contributed by atoms with Crippen LogP contribution < -0.4 is 15.4 Å². The van der Waals surface area contributed by atoms with E-state index in [0.717, 1.165) is 0 Å². The molecule has 0 radical (unpaired) electrons. The van der Waals surface area contributed by atoms with Crippen LogP contribution in [0.4, 0.5) is 11.4 Å². The van der Waals surface area contributed by atoms with Crippen LogP contribution in [-0.2, 0) is 19.4 Å². The SMILES string of the molecule is C[C@@H]1Oc2ccc(NC(=O)CS[C@H]3CCS(=O)(=O)C3)cc2NC1=O. The lowest BCUT2D eigenvalue weighted by Crippen LogP contribution is -2.34. The zero-order valence-corrected chi connectivity index (χ0v) is 14.7. The molecule has 1 aromatic carbocycles. The summed E-state index contributed by atoms with van der Waals surface area (Å²) in [5.41, 5.74) is 1.07. The molecule has 2 aliphatic heterocycles. The second kappa shape index (κ2) is 6.64. The van der Waals surface area contributed by atoms with Crippen molar-refractivity contribution in [2.75, 3.05) is 27.9 Å². The maximum Gasteiger partial charge on any atom is 0.265 e. The van der Waals surface area contributed by atoms with Crippen molar-refractivity contribution in [1.82, 2.24) is 0 Å². The molecule has 1 aromatic rings. The molecule has 3 rings (SSSR count). The van der Waals surface area contributed by atoms with E-state index >= 15 is 0 Å². The maximum atomic E-state index is 12.0. The molecule has 0 aromatic heterocycles. The van der Waals surface area contributed by atoms with Crippen molar-refractivity contribution in [2.24, 2.45) is 0 Å². The molecule has 7 nitrogen and oxygen atoms in total. The maximum absolute atomic E-state index is 12.0.